The van der Waals surface area contributed by atoms with Gasteiger partial charge < -0.3 is 14.8 Å². The van der Waals surface area contributed by atoms with Crippen LogP contribution in [0.2, 0.25) is 0 Å². The van der Waals surface area contributed by atoms with E-state index in [9.17, 15) is 27.6 Å². The van der Waals surface area contributed by atoms with Gasteiger partial charge in [0, 0.05) is 5.56 Å². The Labute approximate surface area is 168 Å². The highest BCUT2D eigenvalue weighted by molar-refractivity contribution is 6.24. The number of rotatable bonds is 5. The number of para-hydroxylation sites is 1. The summed E-state index contributed by atoms with van der Waals surface area (Å²) >= 11 is 0. The van der Waals surface area contributed by atoms with Gasteiger partial charge in [0.05, 0.1) is 19.9 Å². The Bertz CT molecular complexity index is 997. The van der Waals surface area contributed by atoms with Gasteiger partial charge in [-0.25, -0.2) is 9.69 Å². The third kappa shape index (κ3) is 3.38. The number of hydrogen-bond donors (Lipinski definition) is 2. The van der Waals surface area contributed by atoms with Crippen molar-refractivity contribution >= 4 is 23.5 Å². The van der Waals surface area contributed by atoms with E-state index in [4.69, 9.17) is 9.47 Å². The molecule has 0 radical (unpaired) electrons. The predicted molar refractivity (Wildman–Crippen MR) is 98.3 cm³/mol. The topological polar surface area (TPSA) is 97.0 Å². The van der Waals surface area contributed by atoms with Crippen molar-refractivity contribution in [2.75, 3.05) is 19.1 Å². The molecule has 1 aliphatic rings. The molecule has 0 bridgehead atoms. The maximum Gasteiger partial charge on any atom is 0.440 e. The second-order valence-corrected chi connectivity index (χ2v) is 6.18. The Morgan fingerprint density at radius 2 is 1.67 bits per heavy atom. The number of nitrogens with one attached hydrogen (secondary N) is 2. The van der Waals surface area contributed by atoms with Crippen LogP contribution in [0.5, 0.6) is 11.5 Å². The first-order valence-corrected chi connectivity index (χ1v) is 8.47. The van der Waals surface area contributed by atoms with E-state index < -0.39 is 29.7 Å². The summed E-state index contributed by atoms with van der Waals surface area (Å²) in [6.07, 6.45) is -5.32. The zero-order chi connectivity index (χ0) is 22.1. The fraction of sp³-hybridized carbons (Fsp3) is 0.211. The van der Waals surface area contributed by atoms with E-state index in [1.807, 2.05) is 0 Å². The van der Waals surface area contributed by atoms with Crippen LogP contribution in [0.1, 0.15) is 10.4 Å². The molecule has 1 atom stereocenters. The number of carbonyl (C=O) groups excluding carboxylic acids is 3. The molecule has 1 unspecified atom stereocenters. The minimum atomic E-state index is -5.32. The van der Waals surface area contributed by atoms with Crippen molar-refractivity contribution in [1.82, 2.24) is 10.6 Å². The van der Waals surface area contributed by atoms with Gasteiger partial charge in [-0.2, -0.15) is 13.2 Å². The molecule has 158 valence electrons. The molecule has 11 heteroatoms. The van der Waals surface area contributed by atoms with E-state index in [0.717, 1.165) is 6.07 Å². The second kappa shape index (κ2) is 7.58. The number of urea groups is 1. The van der Waals surface area contributed by atoms with E-state index in [1.54, 1.807) is 16.7 Å². The van der Waals surface area contributed by atoms with Crippen LogP contribution in [0.4, 0.5) is 23.7 Å². The van der Waals surface area contributed by atoms with Crippen molar-refractivity contribution in [3.63, 3.8) is 0 Å². The van der Waals surface area contributed by atoms with Gasteiger partial charge in [0.25, 0.3) is 17.5 Å². The van der Waals surface area contributed by atoms with Crippen LogP contribution < -0.4 is 25.0 Å². The molecule has 30 heavy (non-hydrogen) atoms. The zero-order valence-corrected chi connectivity index (χ0v) is 15.7. The lowest BCUT2D eigenvalue weighted by Gasteiger charge is -2.29. The van der Waals surface area contributed by atoms with Crippen LogP contribution in [-0.4, -0.2) is 43.9 Å². The summed E-state index contributed by atoms with van der Waals surface area (Å²) in [5, 5.41) is 3.22. The van der Waals surface area contributed by atoms with Gasteiger partial charge in [-0.05, 0) is 30.3 Å². The van der Waals surface area contributed by atoms with Crippen LogP contribution in [0.15, 0.2) is 48.5 Å². The normalized spacial score (nSPS) is 18.8. The van der Waals surface area contributed by atoms with Crippen molar-refractivity contribution in [3.05, 3.63) is 54.1 Å². The smallest absolute Gasteiger partial charge is 0.440 e. The fourth-order valence-corrected chi connectivity index (χ4v) is 2.91. The largest absolute Gasteiger partial charge is 0.493 e. The van der Waals surface area contributed by atoms with E-state index in [1.165, 1.54) is 50.6 Å². The number of imide groups is 1. The molecule has 0 aliphatic carbocycles. The predicted octanol–water partition coefficient (Wildman–Crippen LogP) is 2.45. The summed E-state index contributed by atoms with van der Waals surface area (Å²) < 4.78 is 51.9. The molecule has 4 amide bonds. The van der Waals surface area contributed by atoms with Crippen molar-refractivity contribution in [2.24, 2.45) is 0 Å². The number of ether oxygens (including phenoxy) is 2. The number of alkyl halides is 3. The standard InChI is InChI=1S/C19H16F3N3O5/c1-29-13-9-8-11(10-14(13)30-2)15(26)23-18(19(20,21)22)16(27)25(17(28)24-18)12-6-4-3-5-7-12/h3-10H,1-2H3,(H,23,26)(H,24,28). The van der Waals surface area contributed by atoms with Crippen molar-refractivity contribution in [3.8, 4) is 11.5 Å². The van der Waals surface area contributed by atoms with Gasteiger partial charge in [0.1, 0.15) is 0 Å². The third-order valence-electron chi connectivity index (χ3n) is 4.41. The maximum absolute atomic E-state index is 13.9. The Morgan fingerprint density at radius 3 is 2.23 bits per heavy atom. The SMILES string of the molecule is COc1ccc(C(=O)NC2(C(F)(F)F)NC(=O)N(c3ccccc3)C2=O)cc1OC. The molecular formula is C19H16F3N3O5. The average Bonchev–Trinajstić information content (AvgIpc) is 2.98. The molecule has 2 N–H and O–H groups in total. The molecule has 0 saturated carbocycles. The molecule has 8 nitrogen and oxygen atoms in total. The second-order valence-electron chi connectivity index (χ2n) is 6.18. The minimum Gasteiger partial charge on any atom is -0.493 e. The van der Waals surface area contributed by atoms with Crippen molar-refractivity contribution in [1.29, 1.82) is 0 Å². The first kappa shape index (κ1) is 21.0. The Balaban J connectivity index is 1.99. The van der Waals surface area contributed by atoms with Crippen molar-refractivity contribution in [2.45, 2.75) is 11.8 Å². The molecule has 1 aliphatic heterocycles. The highest BCUT2D eigenvalue weighted by Crippen LogP contribution is 2.36. The van der Waals surface area contributed by atoms with E-state index in [-0.39, 0.29) is 22.7 Å². The van der Waals surface area contributed by atoms with Gasteiger partial charge in [-0.15, -0.1) is 0 Å². The molecule has 3 rings (SSSR count). The first-order valence-electron chi connectivity index (χ1n) is 8.47. The van der Waals surface area contributed by atoms with Crippen LogP contribution in [-0.2, 0) is 4.79 Å². The van der Waals surface area contributed by atoms with Gasteiger partial charge in [0.15, 0.2) is 11.5 Å². The zero-order valence-electron chi connectivity index (χ0n) is 15.7. The monoisotopic (exact) mass is 423 g/mol. The van der Waals surface area contributed by atoms with Crippen LogP contribution in [0.25, 0.3) is 0 Å². The highest BCUT2D eigenvalue weighted by atomic mass is 19.4. The van der Waals surface area contributed by atoms with Gasteiger partial charge >= 0.3 is 12.2 Å². The summed E-state index contributed by atoms with van der Waals surface area (Å²) in [4.78, 5) is 37.9. The van der Waals surface area contributed by atoms with Crippen LogP contribution in [0, 0.1) is 0 Å². The van der Waals surface area contributed by atoms with Crippen LogP contribution >= 0.6 is 0 Å². The number of benzene rings is 2. The highest BCUT2D eigenvalue weighted by Gasteiger charge is 2.69. The summed E-state index contributed by atoms with van der Waals surface area (Å²) in [6.45, 7) is 0. The Morgan fingerprint density at radius 1 is 1.03 bits per heavy atom. The maximum atomic E-state index is 13.9. The Hall–Kier alpha value is -3.76. The summed E-state index contributed by atoms with van der Waals surface area (Å²) in [5.74, 6) is -2.59. The molecule has 2 aromatic rings. The minimum absolute atomic E-state index is 0.0773. The molecule has 0 aromatic heterocycles. The number of carbonyl (C=O) groups is 3. The first-order chi connectivity index (χ1) is 14.1. The number of halogens is 3. The fourth-order valence-electron chi connectivity index (χ4n) is 2.91. The van der Waals surface area contributed by atoms with E-state index >= 15 is 0 Å². The quantitative estimate of drug-likeness (QED) is 0.721. The molecule has 2 aromatic carbocycles. The van der Waals surface area contributed by atoms with Gasteiger partial charge in [0.2, 0.25) is 0 Å². The lowest BCUT2D eigenvalue weighted by Crippen LogP contribution is -2.69. The van der Waals surface area contributed by atoms with E-state index in [2.05, 4.69) is 0 Å². The molecule has 1 saturated heterocycles. The number of hydrogen-bond acceptors (Lipinski definition) is 5. The van der Waals surface area contributed by atoms with Gasteiger partial charge in [-0.3, -0.25) is 14.9 Å². The van der Waals surface area contributed by atoms with Crippen molar-refractivity contribution < 1.29 is 37.0 Å². The number of methoxy groups -OCH3 is 2. The van der Waals surface area contributed by atoms with Crippen LogP contribution in [0.3, 0.4) is 0 Å². The summed E-state index contributed by atoms with van der Waals surface area (Å²) in [7, 11) is 2.64. The van der Waals surface area contributed by atoms with E-state index in [0.29, 0.717) is 4.90 Å². The Kier molecular flexibility index (Phi) is 5.29. The van der Waals surface area contributed by atoms with Gasteiger partial charge in [-0.1, -0.05) is 18.2 Å². The lowest BCUT2D eigenvalue weighted by atomic mass is 10.1. The summed E-state index contributed by atoms with van der Waals surface area (Å²) in [6, 6.07) is 9.39. The number of anilines is 1. The number of nitrogens with zero attached hydrogens (tertiary/aromatic N) is 1. The summed E-state index contributed by atoms with van der Waals surface area (Å²) in [5.41, 5.74) is -3.95. The molecule has 1 heterocycles. The molecular weight excluding hydrogens is 407 g/mol. The third-order valence-corrected chi connectivity index (χ3v) is 4.41. The number of amides is 4. The lowest BCUT2D eigenvalue weighted by molar-refractivity contribution is -0.197. The molecule has 1 fully saturated rings. The average molecular weight is 423 g/mol. The molecule has 0 spiro atoms.